The van der Waals surface area contributed by atoms with Crippen molar-refractivity contribution in [3.63, 3.8) is 0 Å². The smallest absolute Gasteiger partial charge is 0.0363 e. The van der Waals surface area contributed by atoms with E-state index in [2.05, 4.69) is 73.7 Å². The van der Waals surface area contributed by atoms with Crippen molar-refractivity contribution in [3.05, 3.63) is 77.9 Å². The zero-order valence-corrected chi connectivity index (χ0v) is 9.35. The fourth-order valence-corrected chi connectivity index (χ4v) is 2.28. The zero-order chi connectivity index (χ0) is 11.0. The maximum absolute atomic E-state index is 2.34. The summed E-state index contributed by atoms with van der Waals surface area (Å²) < 4.78 is 0. The van der Waals surface area contributed by atoms with E-state index in [1.165, 1.54) is 16.7 Å². The molecule has 0 amide bonds. The van der Waals surface area contributed by atoms with Gasteiger partial charge in [-0.05, 0) is 23.6 Å². The Labute approximate surface area is 96.3 Å². The highest BCUT2D eigenvalue weighted by atomic mass is 14.4. The number of hydrogen-bond acceptors (Lipinski definition) is 0. The van der Waals surface area contributed by atoms with Gasteiger partial charge in [-0.2, -0.15) is 0 Å². The van der Waals surface area contributed by atoms with Gasteiger partial charge in [0.1, 0.15) is 0 Å². The lowest BCUT2D eigenvalue weighted by Crippen LogP contribution is -2.04. The van der Waals surface area contributed by atoms with Gasteiger partial charge in [0.05, 0.1) is 0 Å². The van der Waals surface area contributed by atoms with E-state index in [9.17, 15) is 0 Å². The Balaban J connectivity index is 1.93. The second-order valence-corrected chi connectivity index (χ2v) is 4.49. The molecule has 1 aliphatic rings. The summed E-state index contributed by atoms with van der Waals surface area (Å²) >= 11 is 0. The standard InChI is InChI=1S/C16H14/c1-16(14-10-6-3-7-11-14)12-15(16)13-8-4-2-5-9-13/h2-12H,1H3. The van der Waals surface area contributed by atoms with Gasteiger partial charge >= 0.3 is 0 Å². The molecule has 0 heterocycles. The van der Waals surface area contributed by atoms with E-state index in [4.69, 9.17) is 0 Å². The highest BCUT2D eigenvalue weighted by molar-refractivity contribution is 5.90. The van der Waals surface area contributed by atoms with E-state index in [1.807, 2.05) is 0 Å². The van der Waals surface area contributed by atoms with Gasteiger partial charge in [-0.1, -0.05) is 66.7 Å². The lowest BCUT2D eigenvalue weighted by Gasteiger charge is -2.13. The van der Waals surface area contributed by atoms with Gasteiger partial charge in [0, 0.05) is 5.41 Å². The molecule has 0 N–H and O–H groups in total. The predicted molar refractivity (Wildman–Crippen MR) is 68.2 cm³/mol. The molecule has 0 heteroatoms. The first-order valence-electron chi connectivity index (χ1n) is 5.65. The Morgan fingerprint density at radius 1 is 0.750 bits per heavy atom. The maximum Gasteiger partial charge on any atom is 0.0363 e. The molecule has 78 valence electrons. The van der Waals surface area contributed by atoms with Gasteiger partial charge in [-0.3, -0.25) is 0 Å². The van der Waals surface area contributed by atoms with Crippen LogP contribution in [0, 0.1) is 0 Å². The summed E-state index contributed by atoms with van der Waals surface area (Å²) in [6, 6.07) is 21.3. The molecule has 0 spiro atoms. The number of rotatable bonds is 2. The third-order valence-corrected chi connectivity index (χ3v) is 3.37. The Bertz CT molecular complexity index is 522. The molecule has 0 saturated heterocycles. The Morgan fingerprint density at radius 3 is 1.94 bits per heavy atom. The minimum Gasteiger partial charge on any atom is -0.0648 e. The minimum atomic E-state index is 0.155. The van der Waals surface area contributed by atoms with Crippen LogP contribution in [0.2, 0.25) is 0 Å². The number of benzene rings is 2. The molecule has 1 unspecified atom stereocenters. The molecule has 0 aliphatic heterocycles. The predicted octanol–water partition coefficient (Wildman–Crippen LogP) is 4.04. The third-order valence-electron chi connectivity index (χ3n) is 3.37. The zero-order valence-electron chi connectivity index (χ0n) is 9.35. The topological polar surface area (TPSA) is 0 Å². The molecule has 0 radical (unpaired) electrons. The lowest BCUT2D eigenvalue weighted by molar-refractivity contribution is 0.884. The van der Waals surface area contributed by atoms with Gasteiger partial charge in [-0.15, -0.1) is 0 Å². The fraction of sp³-hybridized carbons (Fsp3) is 0.125. The first-order chi connectivity index (χ1) is 7.81. The van der Waals surface area contributed by atoms with Crippen LogP contribution in [-0.4, -0.2) is 0 Å². The molecule has 0 saturated carbocycles. The summed E-state index contributed by atoms with van der Waals surface area (Å²) in [6.07, 6.45) is 2.34. The molecule has 0 aromatic heterocycles. The molecule has 16 heavy (non-hydrogen) atoms. The highest BCUT2D eigenvalue weighted by Gasteiger charge is 2.40. The second-order valence-electron chi connectivity index (χ2n) is 4.49. The second kappa shape index (κ2) is 3.34. The maximum atomic E-state index is 2.34. The number of hydrogen-bond donors (Lipinski definition) is 0. The normalized spacial score (nSPS) is 22.7. The van der Waals surface area contributed by atoms with Crippen molar-refractivity contribution >= 4 is 5.57 Å². The van der Waals surface area contributed by atoms with Gasteiger partial charge in [0.25, 0.3) is 0 Å². The first kappa shape index (κ1) is 9.41. The average Bonchev–Trinajstić information content (AvgIpc) is 3.06. The van der Waals surface area contributed by atoms with Crippen molar-refractivity contribution in [2.24, 2.45) is 0 Å². The van der Waals surface area contributed by atoms with E-state index >= 15 is 0 Å². The van der Waals surface area contributed by atoms with Crippen molar-refractivity contribution < 1.29 is 0 Å². The molecule has 2 aromatic rings. The molecule has 0 nitrogen and oxygen atoms in total. The minimum absolute atomic E-state index is 0.155. The average molecular weight is 206 g/mol. The quantitative estimate of drug-likeness (QED) is 0.695. The largest absolute Gasteiger partial charge is 0.0648 e. The van der Waals surface area contributed by atoms with Crippen LogP contribution in [0.25, 0.3) is 5.57 Å². The summed E-state index contributed by atoms with van der Waals surface area (Å²) in [6.45, 7) is 2.28. The van der Waals surface area contributed by atoms with Crippen molar-refractivity contribution in [2.75, 3.05) is 0 Å². The van der Waals surface area contributed by atoms with Crippen LogP contribution in [0.1, 0.15) is 18.1 Å². The Kier molecular flexibility index (Phi) is 1.97. The van der Waals surface area contributed by atoms with Crippen LogP contribution in [0.15, 0.2) is 66.7 Å². The van der Waals surface area contributed by atoms with E-state index in [-0.39, 0.29) is 5.41 Å². The lowest BCUT2D eigenvalue weighted by atomic mass is 9.90. The Hall–Kier alpha value is -1.82. The molecule has 3 rings (SSSR count). The Morgan fingerprint density at radius 2 is 1.31 bits per heavy atom. The van der Waals surface area contributed by atoms with Crippen molar-refractivity contribution in [3.8, 4) is 0 Å². The first-order valence-corrected chi connectivity index (χ1v) is 5.65. The third kappa shape index (κ3) is 1.38. The van der Waals surface area contributed by atoms with Crippen molar-refractivity contribution in [1.29, 1.82) is 0 Å². The van der Waals surface area contributed by atoms with E-state index in [0.717, 1.165) is 0 Å². The van der Waals surface area contributed by atoms with Crippen LogP contribution in [0.5, 0.6) is 0 Å². The summed E-state index contributed by atoms with van der Waals surface area (Å²) in [5.41, 5.74) is 4.32. The highest BCUT2D eigenvalue weighted by Crippen LogP contribution is 2.52. The molecule has 0 bridgehead atoms. The van der Waals surface area contributed by atoms with Gasteiger partial charge in [-0.25, -0.2) is 0 Å². The van der Waals surface area contributed by atoms with Gasteiger partial charge in [0.15, 0.2) is 0 Å². The van der Waals surface area contributed by atoms with Crippen molar-refractivity contribution in [1.82, 2.24) is 0 Å². The van der Waals surface area contributed by atoms with Crippen LogP contribution >= 0.6 is 0 Å². The molecular formula is C16H14. The van der Waals surface area contributed by atoms with Crippen LogP contribution < -0.4 is 0 Å². The monoisotopic (exact) mass is 206 g/mol. The van der Waals surface area contributed by atoms with E-state index in [1.54, 1.807) is 0 Å². The molecule has 2 aromatic carbocycles. The van der Waals surface area contributed by atoms with Crippen LogP contribution in [0.4, 0.5) is 0 Å². The summed E-state index contributed by atoms with van der Waals surface area (Å²) in [7, 11) is 0. The van der Waals surface area contributed by atoms with E-state index < -0.39 is 0 Å². The molecular weight excluding hydrogens is 192 g/mol. The molecule has 1 atom stereocenters. The molecule has 1 aliphatic carbocycles. The van der Waals surface area contributed by atoms with E-state index in [0.29, 0.717) is 0 Å². The van der Waals surface area contributed by atoms with Gasteiger partial charge in [0.2, 0.25) is 0 Å². The van der Waals surface area contributed by atoms with Crippen LogP contribution in [0.3, 0.4) is 0 Å². The van der Waals surface area contributed by atoms with Crippen molar-refractivity contribution in [2.45, 2.75) is 12.3 Å². The fourth-order valence-electron chi connectivity index (χ4n) is 2.28. The summed E-state index contributed by atoms with van der Waals surface area (Å²) in [5, 5.41) is 0. The van der Waals surface area contributed by atoms with Crippen LogP contribution in [-0.2, 0) is 5.41 Å². The SMILES string of the molecule is CC1(c2ccccc2)C=C1c1ccccc1. The van der Waals surface area contributed by atoms with Gasteiger partial charge < -0.3 is 0 Å². The number of allylic oxidation sites excluding steroid dienone is 2. The summed E-state index contributed by atoms with van der Waals surface area (Å²) in [4.78, 5) is 0. The summed E-state index contributed by atoms with van der Waals surface area (Å²) in [5.74, 6) is 0. The molecule has 0 fully saturated rings.